The summed E-state index contributed by atoms with van der Waals surface area (Å²) in [6, 6.07) is 6.31. The van der Waals surface area contributed by atoms with Crippen LogP contribution >= 0.6 is 0 Å². The molecule has 118 valence electrons. The first-order valence-electron chi connectivity index (χ1n) is 7.96. The Kier molecular flexibility index (Phi) is 3.60. The van der Waals surface area contributed by atoms with Gasteiger partial charge in [0.1, 0.15) is 5.82 Å². The van der Waals surface area contributed by atoms with E-state index in [1.54, 1.807) is 12.1 Å². The van der Waals surface area contributed by atoms with Crippen LogP contribution in [0.25, 0.3) is 0 Å². The number of carbonyl (C=O) groups excluding carboxylic acids is 1. The lowest BCUT2D eigenvalue weighted by Crippen LogP contribution is -2.39. The Morgan fingerprint density at radius 2 is 1.77 bits per heavy atom. The van der Waals surface area contributed by atoms with E-state index in [2.05, 4.69) is 16.2 Å². The van der Waals surface area contributed by atoms with Crippen LogP contribution in [0.15, 0.2) is 24.3 Å². The summed E-state index contributed by atoms with van der Waals surface area (Å²) in [6.45, 7) is 4.39. The number of carbonyl (C=O) groups is 1. The topological polar surface area (TPSA) is 56.4 Å². The molecule has 3 fully saturated rings. The summed E-state index contributed by atoms with van der Waals surface area (Å²) in [7, 11) is 0. The van der Waals surface area contributed by atoms with Crippen molar-refractivity contribution in [3.8, 4) is 0 Å². The molecule has 1 amide bonds. The van der Waals surface area contributed by atoms with E-state index >= 15 is 0 Å². The van der Waals surface area contributed by atoms with Gasteiger partial charge in [-0.25, -0.2) is 9.82 Å². The van der Waals surface area contributed by atoms with Crippen molar-refractivity contribution in [1.82, 2.24) is 21.1 Å². The number of hydrogen-bond donors (Lipinski definition) is 3. The lowest BCUT2D eigenvalue weighted by atomic mass is 9.93. The monoisotopic (exact) mass is 304 g/mol. The molecule has 0 saturated carbocycles. The van der Waals surface area contributed by atoms with Gasteiger partial charge in [0.15, 0.2) is 0 Å². The van der Waals surface area contributed by atoms with Gasteiger partial charge in [-0.05, 0) is 29.5 Å². The summed E-state index contributed by atoms with van der Waals surface area (Å²) in [4.78, 5) is 14.9. The highest BCUT2D eigenvalue weighted by Gasteiger charge is 2.43. The molecule has 2 unspecified atom stereocenters. The van der Waals surface area contributed by atoms with Gasteiger partial charge in [-0.2, -0.15) is 0 Å². The van der Waals surface area contributed by atoms with E-state index in [-0.39, 0.29) is 23.7 Å². The Morgan fingerprint density at radius 3 is 2.45 bits per heavy atom. The number of hydrazine groups is 1. The van der Waals surface area contributed by atoms with Gasteiger partial charge >= 0.3 is 0 Å². The summed E-state index contributed by atoms with van der Waals surface area (Å²) in [5, 5.41) is 3.40. The van der Waals surface area contributed by atoms with Crippen LogP contribution in [0.5, 0.6) is 0 Å². The lowest BCUT2D eigenvalue weighted by molar-refractivity contribution is -0.134. The van der Waals surface area contributed by atoms with Crippen LogP contribution < -0.4 is 16.2 Å². The molecule has 3 aliphatic heterocycles. The molecule has 0 bridgehead atoms. The second-order valence-electron chi connectivity index (χ2n) is 6.58. The molecule has 4 atom stereocenters. The normalized spacial score (nSPS) is 34.1. The average molecular weight is 304 g/mol. The van der Waals surface area contributed by atoms with Crippen LogP contribution in [-0.2, 0) is 4.79 Å². The van der Waals surface area contributed by atoms with Crippen LogP contribution in [0.1, 0.15) is 11.6 Å². The van der Waals surface area contributed by atoms with Crippen molar-refractivity contribution < 1.29 is 9.18 Å². The van der Waals surface area contributed by atoms with Gasteiger partial charge < -0.3 is 10.2 Å². The van der Waals surface area contributed by atoms with Gasteiger partial charge in [0.05, 0.1) is 12.0 Å². The predicted octanol–water partition coefficient (Wildman–Crippen LogP) is 0.269. The van der Waals surface area contributed by atoms with Crippen molar-refractivity contribution in [1.29, 1.82) is 0 Å². The average Bonchev–Trinajstić information content (AvgIpc) is 3.22. The molecule has 0 radical (unpaired) electrons. The minimum Gasteiger partial charge on any atom is -0.342 e. The maximum Gasteiger partial charge on any atom is 0.229 e. The SMILES string of the molecule is O=C(C1CNNC1c1ccc(F)cc1)N1C[C@H]2CNC[C@H]2C1. The van der Waals surface area contributed by atoms with Gasteiger partial charge in [-0.15, -0.1) is 0 Å². The van der Waals surface area contributed by atoms with Crippen LogP contribution in [-0.4, -0.2) is 43.5 Å². The Bertz CT molecular complexity index is 552. The summed E-state index contributed by atoms with van der Waals surface area (Å²) in [6.07, 6.45) is 0. The molecule has 1 aromatic carbocycles. The van der Waals surface area contributed by atoms with E-state index in [9.17, 15) is 9.18 Å². The van der Waals surface area contributed by atoms with Crippen LogP contribution in [0.2, 0.25) is 0 Å². The fourth-order valence-corrected chi connectivity index (χ4v) is 3.98. The fourth-order valence-electron chi connectivity index (χ4n) is 3.98. The third-order valence-corrected chi connectivity index (χ3v) is 5.23. The summed E-state index contributed by atoms with van der Waals surface area (Å²) >= 11 is 0. The van der Waals surface area contributed by atoms with Gasteiger partial charge in [0.2, 0.25) is 5.91 Å². The number of likely N-dealkylation sites (tertiary alicyclic amines) is 1. The van der Waals surface area contributed by atoms with E-state index < -0.39 is 0 Å². The zero-order valence-electron chi connectivity index (χ0n) is 12.4. The van der Waals surface area contributed by atoms with Crippen molar-refractivity contribution in [2.24, 2.45) is 17.8 Å². The highest BCUT2D eigenvalue weighted by molar-refractivity contribution is 5.80. The van der Waals surface area contributed by atoms with E-state index in [4.69, 9.17) is 0 Å². The molecule has 3 N–H and O–H groups in total. The third kappa shape index (κ3) is 2.41. The summed E-state index contributed by atoms with van der Waals surface area (Å²) < 4.78 is 13.1. The molecule has 6 heteroatoms. The molecule has 0 aliphatic carbocycles. The number of rotatable bonds is 2. The zero-order chi connectivity index (χ0) is 15.1. The van der Waals surface area contributed by atoms with Gasteiger partial charge in [-0.1, -0.05) is 12.1 Å². The molecule has 5 nitrogen and oxygen atoms in total. The minimum absolute atomic E-state index is 0.0911. The maximum atomic E-state index is 13.1. The smallest absolute Gasteiger partial charge is 0.229 e. The van der Waals surface area contributed by atoms with Crippen molar-refractivity contribution in [3.05, 3.63) is 35.6 Å². The first-order valence-corrected chi connectivity index (χ1v) is 7.96. The van der Waals surface area contributed by atoms with Crippen LogP contribution in [0.3, 0.4) is 0 Å². The Morgan fingerprint density at radius 1 is 1.09 bits per heavy atom. The van der Waals surface area contributed by atoms with Gasteiger partial charge in [0, 0.05) is 32.7 Å². The highest BCUT2D eigenvalue weighted by Crippen LogP contribution is 2.31. The molecule has 0 spiro atoms. The standard InChI is InChI=1S/C16H21FN4O/c17-13-3-1-10(2-4-13)15-14(7-19-20-15)16(22)21-8-11-5-18-6-12(11)9-21/h1-4,11-12,14-15,18-20H,5-9H2/t11-,12+,14?,15?. The molecular weight excluding hydrogens is 283 g/mol. The van der Waals surface area contributed by atoms with E-state index in [1.807, 2.05) is 4.90 Å². The zero-order valence-corrected chi connectivity index (χ0v) is 12.4. The molecule has 3 heterocycles. The van der Waals surface area contributed by atoms with Crippen molar-refractivity contribution >= 4 is 5.91 Å². The molecule has 1 aromatic rings. The molecule has 3 aliphatic rings. The minimum atomic E-state index is -0.252. The lowest BCUT2D eigenvalue weighted by Gasteiger charge is -2.25. The van der Waals surface area contributed by atoms with Gasteiger partial charge in [-0.3, -0.25) is 10.2 Å². The summed E-state index contributed by atoms with van der Waals surface area (Å²) in [5.41, 5.74) is 7.20. The number of fused-ring (bicyclic) bond motifs is 1. The summed E-state index contributed by atoms with van der Waals surface area (Å²) in [5.74, 6) is 1.04. The number of halogens is 1. The van der Waals surface area contributed by atoms with E-state index in [0.717, 1.165) is 31.7 Å². The number of amides is 1. The van der Waals surface area contributed by atoms with Crippen molar-refractivity contribution in [2.45, 2.75) is 6.04 Å². The van der Waals surface area contributed by atoms with Gasteiger partial charge in [0.25, 0.3) is 0 Å². The highest BCUT2D eigenvalue weighted by atomic mass is 19.1. The molecule has 3 saturated heterocycles. The number of nitrogens with one attached hydrogen (secondary N) is 3. The van der Waals surface area contributed by atoms with Crippen LogP contribution in [0.4, 0.5) is 4.39 Å². The van der Waals surface area contributed by atoms with E-state index in [0.29, 0.717) is 18.4 Å². The largest absolute Gasteiger partial charge is 0.342 e. The maximum absolute atomic E-state index is 13.1. The molecule has 22 heavy (non-hydrogen) atoms. The van der Waals surface area contributed by atoms with Crippen molar-refractivity contribution in [2.75, 3.05) is 32.7 Å². The first kappa shape index (κ1) is 14.1. The number of nitrogens with zero attached hydrogens (tertiary/aromatic N) is 1. The quantitative estimate of drug-likeness (QED) is 0.734. The second kappa shape index (κ2) is 5.61. The predicted molar refractivity (Wildman–Crippen MR) is 80.2 cm³/mol. The van der Waals surface area contributed by atoms with E-state index in [1.165, 1.54) is 12.1 Å². The molecular formula is C16H21FN4O. The Balaban J connectivity index is 1.49. The van der Waals surface area contributed by atoms with Crippen molar-refractivity contribution in [3.63, 3.8) is 0 Å². The number of benzene rings is 1. The molecule has 0 aromatic heterocycles. The Hall–Kier alpha value is -1.50. The second-order valence-corrected chi connectivity index (χ2v) is 6.58. The third-order valence-electron chi connectivity index (χ3n) is 5.23. The number of hydrogen-bond acceptors (Lipinski definition) is 4. The Labute approximate surface area is 129 Å². The fraction of sp³-hybridized carbons (Fsp3) is 0.562. The first-order chi connectivity index (χ1) is 10.7. The van der Waals surface area contributed by atoms with Crippen LogP contribution in [0, 0.1) is 23.6 Å². The molecule has 4 rings (SSSR count).